The quantitative estimate of drug-likeness (QED) is 0.577. The Bertz CT molecular complexity index is 793. The first-order valence-corrected chi connectivity index (χ1v) is 9.05. The number of rotatable bonds is 1. The second kappa shape index (κ2) is 6.08. The van der Waals surface area contributed by atoms with Gasteiger partial charge in [-0.25, -0.2) is 0 Å². The molecule has 0 amide bonds. The van der Waals surface area contributed by atoms with Crippen LogP contribution in [0, 0.1) is 25.7 Å². The summed E-state index contributed by atoms with van der Waals surface area (Å²) in [4.78, 5) is 2.30. The summed E-state index contributed by atoms with van der Waals surface area (Å²) in [6.45, 7) is 12.6. The normalized spacial score (nSPS) is 18.3. The van der Waals surface area contributed by atoms with E-state index < -0.39 is 0 Å². The predicted molar refractivity (Wildman–Crippen MR) is 102 cm³/mol. The highest BCUT2D eigenvalue weighted by Gasteiger charge is 2.52. The first-order chi connectivity index (χ1) is 11.2. The Hall–Kier alpha value is -1.54. The van der Waals surface area contributed by atoms with Crippen LogP contribution in [-0.4, -0.2) is 18.3 Å². The van der Waals surface area contributed by atoms with E-state index in [4.69, 9.17) is 9.31 Å². The molecule has 2 nitrogen and oxygen atoms in total. The van der Waals surface area contributed by atoms with Crippen LogP contribution in [-0.2, 0) is 9.31 Å². The molecule has 0 saturated carbocycles. The van der Waals surface area contributed by atoms with Gasteiger partial charge in [0, 0.05) is 15.9 Å². The van der Waals surface area contributed by atoms with Crippen LogP contribution >= 0.6 is 11.3 Å². The summed E-state index contributed by atoms with van der Waals surface area (Å²) in [6, 6.07) is 10.1. The fourth-order valence-electron chi connectivity index (χ4n) is 2.74. The highest BCUT2D eigenvalue weighted by atomic mass is 32.1. The highest BCUT2D eigenvalue weighted by Crippen LogP contribution is 2.37. The SMILES string of the molecule is Cc1sc(C#Cc2ccccc2)c(C)c1B1OC(C)(C)C(C)(C)O1. The summed E-state index contributed by atoms with van der Waals surface area (Å²) in [5, 5.41) is 0. The number of thiophene rings is 1. The molecule has 1 aromatic heterocycles. The fourth-order valence-corrected chi connectivity index (χ4v) is 3.77. The van der Waals surface area contributed by atoms with Gasteiger partial charge in [-0.05, 0) is 59.2 Å². The van der Waals surface area contributed by atoms with Gasteiger partial charge in [-0.1, -0.05) is 30.0 Å². The molecular weight excluding hydrogens is 315 g/mol. The van der Waals surface area contributed by atoms with Crippen molar-refractivity contribution < 1.29 is 9.31 Å². The molecule has 4 heteroatoms. The third kappa shape index (κ3) is 3.04. The van der Waals surface area contributed by atoms with Gasteiger partial charge in [0.05, 0.1) is 16.1 Å². The van der Waals surface area contributed by atoms with Gasteiger partial charge in [-0.3, -0.25) is 0 Å². The third-order valence-corrected chi connectivity index (χ3v) is 6.10. The van der Waals surface area contributed by atoms with Crippen LogP contribution in [0.4, 0.5) is 0 Å². The highest BCUT2D eigenvalue weighted by molar-refractivity contribution is 7.14. The van der Waals surface area contributed by atoms with E-state index in [2.05, 4.69) is 53.4 Å². The molecule has 24 heavy (non-hydrogen) atoms. The monoisotopic (exact) mass is 338 g/mol. The molecule has 124 valence electrons. The van der Waals surface area contributed by atoms with Crippen molar-refractivity contribution in [3.8, 4) is 11.8 Å². The van der Waals surface area contributed by atoms with Crippen molar-refractivity contribution in [1.82, 2.24) is 0 Å². The molecule has 2 aromatic rings. The lowest BCUT2D eigenvalue weighted by atomic mass is 9.76. The first-order valence-electron chi connectivity index (χ1n) is 8.24. The van der Waals surface area contributed by atoms with Crippen molar-refractivity contribution in [2.45, 2.75) is 52.7 Å². The molecule has 3 rings (SSSR count). The third-order valence-electron chi connectivity index (χ3n) is 4.96. The van der Waals surface area contributed by atoms with Gasteiger partial charge in [0.1, 0.15) is 0 Å². The smallest absolute Gasteiger partial charge is 0.399 e. The molecule has 0 unspecified atom stereocenters. The summed E-state index contributed by atoms with van der Waals surface area (Å²) in [6.07, 6.45) is 0. The van der Waals surface area contributed by atoms with Gasteiger partial charge in [-0.2, -0.15) is 0 Å². The summed E-state index contributed by atoms with van der Waals surface area (Å²) >= 11 is 1.71. The standard InChI is InChI=1S/C20H23BO2S/c1-14-17(13-12-16-10-8-7-9-11-16)24-15(2)18(14)21-22-19(3,4)20(5,6)23-21/h7-11H,1-6H3. The van der Waals surface area contributed by atoms with E-state index in [-0.39, 0.29) is 18.3 Å². The van der Waals surface area contributed by atoms with Gasteiger partial charge < -0.3 is 9.31 Å². The average Bonchev–Trinajstić information content (AvgIpc) is 2.90. The van der Waals surface area contributed by atoms with Crippen LogP contribution in [0.15, 0.2) is 30.3 Å². The number of benzene rings is 1. The van der Waals surface area contributed by atoms with Crippen LogP contribution in [0.3, 0.4) is 0 Å². The molecule has 2 heterocycles. The summed E-state index contributed by atoms with van der Waals surface area (Å²) in [5.41, 5.74) is 2.68. The van der Waals surface area contributed by atoms with Crippen molar-refractivity contribution >= 4 is 23.9 Å². The lowest BCUT2D eigenvalue weighted by molar-refractivity contribution is 0.00578. The molecule has 1 aliphatic rings. The Balaban J connectivity index is 1.93. The minimum atomic E-state index is -0.325. The van der Waals surface area contributed by atoms with Crippen LogP contribution in [0.2, 0.25) is 0 Å². The van der Waals surface area contributed by atoms with Crippen molar-refractivity contribution in [3.63, 3.8) is 0 Å². The molecule has 0 atom stereocenters. The number of hydrogen-bond acceptors (Lipinski definition) is 3. The van der Waals surface area contributed by atoms with Crippen molar-refractivity contribution in [3.05, 3.63) is 51.2 Å². The van der Waals surface area contributed by atoms with E-state index in [0.717, 1.165) is 15.9 Å². The van der Waals surface area contributed by atoms with Crippen molar-refractivity contribution in [2.24, 2.45) is 0 Å². The Labute approximate surface area is 149 Å². The van der Waals surface area contributed by atoms with Gasteiger partial charge in [0.15, 0.2) is 0 Å². The molecule has 0 N–H and O–H groups in total. The van der Waals surface area contributed by atoms with E-state index in [1.54, 1.807) is 11.3 Å². The summed E-state index contributed by atoms with van der Waals surface area (Å²) < 4.78 is 12.4. The fraction of sp³-hybridized carbons (Fsp3) is 0.400. The Morgan fingerprint density at radius 2 is 1.50 bits per heavy atom. The second-order valence-corrected chi connectivity index (χ2v) is 8.46. The minimum absolute atomic E-state index is 0.321. The summed E-state index contributed by atoms with van der Waals surface area (Å²) in [7, 11) is -0.321. The Kier molecular flexibility index (Phi) is 4.38. The molecule has 0 bridgehead atoms. The zero-order chi connectivity index (χ0) is 17.5. The van der Waals surface area contributed by atoms with Crippen molar-refractivity contribution in [1.29, 1.82) is 0 Å². The Morgan fingerprint density at radius 3 is 2.08 bits per heavy atom. The maximum atomic E-state index is 6.22. The van der Waals surface area contributed by atoms with Crippen LogP contribution < -0.4 is 5.46 Å². The van der Waals surface area contributed by atoms with E-state index in [0.29, 0.717) is 0 Å². The average molecular weight is 338 g/mol. The molecular formula is C20H23BO2S. The van der Waals surface area contributed by atoms with E-state index in [1.807, 2.05) is 30.3 Å². The maximum Gasteiger partial charge on any atom is 0.496 e. The first kappa shape index (κ1) is 17.3. The lowest BCUT2D eigenvalue weighted by Crippen LogP contribution is -2.41. The van der Waals surface area contributed by atoms with Gasteiger partial charge in [-0.15, -0.1) is 11.3 Å². The van der Waals surface area contributed by atoms with E-state index >= 15 is 0 Å². The molecule has 1 aliphatic heterocycles. The largest absolute Gasteiger partial charge is 0.496 e. The molecule has 0 radical (unpaired) electrons. The van der Waals surface area contributed by atoms with Crippen LogP contribution in [0.25, 0.3) is 0 Å². The minimum Gasteiger partial charge on any atom is -0.399 e. The zero-order valence-corrected chi connectivity index (χ0v) is 16.0. The van der Waals surface area contributed by atoms with E-state index in [9.17, 15) is 0 Å². The molecule has 0 spiro atoms. The van der Waals surface area contributed by atoms with Crippen molar-refractivity contribution in [2.75, 3.05) is 0 Å². The van der Waals surface area contributed by atoms with E-state index in [1.165, 1.54) is 10.4 Å². The molecule has 1 saturated heterocycles. The summed E-state index contributed by atoms with van der Waals surface area (Å²) in [5.74, 6) is 6.56. The molecule has 0 aliphatic carbocycles. The molecule has 1 aromatic carbocycles. The van der Waals surface area contributed by atoms with Gasteiger partial charge >= 0.3 is 7.12 Å². The Morgan fingerprint density at radius 1 is 0.917 bits per heavy atom. The van der Waals surface area contributed by atoms with Crippen LogP contribution in [0.5, 0.6) is 0 Å². The lowest BCUT2D eigenvalue weighted by Gasteiger charge is -2.32. The number of hydrogen-bond donors (Lipinski definition) is 0. The number of aryl methyl sites for hydroxylation is 1. The molecule has 1 fully saturated rings. The van der Waals surface area contributed by atoms with Gasteiger partial charge in [0.2, 0.25) is 0 Å². The second-order valence-electron chi connectivity index (χ2n) is 7.23. The maximum absolute atomic E-state index is 6.22. The van der Waals surface area contributed by atoms with Gasteiger partial charge in [0.25, 0.3) is 0 Å². The predicted octanol–water partition coefficient (Wildman–Crippen LogP) is 4.06. The topological polar surface area (TPSA) is 18.5 Å². The zero-order valence-electron chi connectivity index (χ0n) is 15.2. The van der Waals surface area contributed by atoms with Crippen LogP contribution in [0.1, 0.15) is 48.6 Å².